The van der Waals surface area contributed by atoms with Gasteiger partial charge in [0.25, 0.3) is 0 Å². The first-order valence-electron chi connectivity index (χ1n) is 6.80. The molecule has 1 fully saturated rings. The monoisotopic (exact) mass is 312 g/mol. The number of aliphatic carboxylic acids is 1. The first kappa shape index (κ1) is 15.8. The largest absolute Gasteiger partial charge is 0.480 e. The highest BCUT2D eigenvalue weighted by Gasteiger charge is 2.39. The molecule has 2 heterocycles. The first-order chi connectivity index (χ1) is 9.81. The van der Waals surface area contributed by atoms with Crippen molar-refractivity contribution in [2.75, 3.05) is 13.1 Å². The van der Waals surface area contributed by atoms with Crippen LogP contribution in [0.15, 0.2) is 17.5 Å². The molecule has 1 aromatic rings. The summed E-state index contributed by atoms with van der Waals surface area (Å²) in [4.78, 5) is 25.6. The van der Waals surface area contributed by atoms with Gasteiger partial charge in [-0.15, -0.1) is 11.3 Å². The molecule has 7 heteroatoms. The highest BCUT2D eigenvalue weighted by molar-refractivity contribution is 7.10. The number of carboxylic acid groups (broad SMARTS) is 1. The fourth-order valence-electron chi connectivity index (χ4n) is 2.42. The van der Waals surface area contributed by atoms with Crippen molar-refractivity contribution in [2.45, 2.75) is 37.8 Å². The standard InChI is InChI=1S/C14H20N2O4S/c1-14(2,11-4-3-5-21-11)8-15-13(20)16-7-9(17)6-10(16)12(18)19/h3-5,9-10,17H,6-8H2,1-2H3,(H,15,20)(H,18,19)/t9-,10+/m1/s1. The van der Waals surface area contributed by atoms with Crippen molar-refractivity contribution < 1.29 is 19.8 Å². The molecule has 0 radical (unpaired) electrons. The highest BCUT2D eigenvalue weighted by Crippen LogP contribution is 2.27. The van der Waals surface area contributed by atoms with Crippen LogP contribution in [0.1, 0.15) is 25.1 Å². The normalized spacial score (nSPS) is 22.3. The molecular weight excluding hydrogens is 292 g/mol. The van der Waals surface area contributed by atoms with E-state index in [1.165, 1.54) is 4.90 Å². The quantitative estimate of drug-likeness (QED) is 0.780. The van der Waals surface area contributed by atoms with Gasteiger partial charge in [-0.25, -0.2) is 9.59 Å². The van der Waals surface area contributed by atoms with E-state index in [-0.39, 0.29) is 18.4 Å². The minimum Gasteiger partial charge on any atom is -0.480 e. The van der Waals surface area contributed by atoms with Gasteiger partial charge in [-0.2, -0.15) is 0 Å². The number of rotatable bonds is 4. The minimum atomic E-state index is -1.08. The number of nitrogens with one attached hydrogen (secondary N) is 1. The van der Waals surface area contributed by atoms with Gasteiger partial charge in [0.1, 0.15) is 6.04 Å². The number of hydrogen-bond acceptors (Lipinski definition) is 4. The SMILES string of the molecule is CC(C)(CNC(=O)N1C[C@H](O)C[C@H]1C(=O)O)c1cccs1. The van der Waals surface area contributed by atoms with Crippen molar-refractivity contribution >= 4 is 23.3 Å². The van der Waals surface area contributed by atoms with Crippen LogP contribution in [-0.2, 0) is 10.2 Å². The number of carbonyl (C=O) groups is 2. The Balaban J connectivity index is 1.97. The van der Waals surface area contributed by atoms with Gasteiger partial charge in [-0.1, -0.05) is 19.9 Å². The fourth-order valence-corrected chi connectivity index (χ4v) is 3.27. The summed E-state index contributed by atoms with van der Waals surface area (Å²) in [7, 11) is 0. The molecule has 2 atom stereocenters. The molecule has 1 aromatic heterocycles. The molecule has 2 rings (SSSR count). The summed E-state index contributed by atoms with van der Waals surface area (Å²) in [6.45, 7) is 4.51. The average molecular weight is 312 g/mol. The van der Waals surface area contributed by atoms with Crippen LogP contribution < -0.4 is 5.32 Å². The van der Waals surface area contributed by atoms with Crippen molar-refractivity contribution in [3.63, 3.8) is 0 Å². The number of nitrogens with zero attached hydrogens (tertiary/aromatic N) is 1. The highest BCUT2D eigenvalue weighted by atomic mass is 32.1. The summed E-state index contributed by atoms with van der Waals surface area (Å²) in [5.41, 5.74) is -0.221. The van der Waals surface area contributed by atoms with Crippen LogP contribution in [0, 0.1) is 0 Å². The van der Waals surface area contributed by atoms with E-state index < -0.39 is 24.1 Å². The maximum Gasteiger partial charge on any atom is 0.326 e. The van der Waals surface area contributed by atoms with E-state index in [1.807, 2.05) is 31.4 Å². The summed E-state index contributed by atoms with van der Waals surface area (Å²) in [6.07, 6.45) is -0.695. The van der Waals surface area contributed by atoms with E-state index >= 15 is 0 Å². The third kappa shape index (κ3) is 3.54. The fraction of sp³-hybridized carbons (Fsp3) is 0.571. The number of aliphatic hydroxyl groups excluding tert-OH is 1. The van der Waals surface area contributed by atoms with E-state index in [9.17, 15) is 14.7 Å². The van der Waals surface area contributed by atoms with Crippen LogP contribution in [-0.4, -0.2) is 52.3 Å². The van der Waals surface area contributed by atoms with E-state index in [0.29, 0.717) is 6.54 Å². The molecule has 6 nitrogen and oxygen atoms in total. The van der Waals surface area contributed by atoms with Gasteiger partial charge in [0.15, 0.2) is 0 Å². The average Bonchev–Trinajstić information content (AvgIpc) is 3.05. The maximum atomic E-state index is 12.2. The number of urea groups is 1. The molecule has 0 bridgehead atoms. The van der Waals surface area contributed by atoms with Crippen molar-refractivity contribution in [1.29, 1.82) is 0 Å². The third-order valence-corrected chi connectivity index (χ3v) is 4.93. The Labute approximate surface area is 127 Å². The third-order valence-electron chi connectivity index (χ3n) is 3.69. The Hall–Kier alpha value is -1.60. The number of hydrogen-bond donors (Lipinski definition) is 3. The number of aliphatic hydroxyl groups is 1. The Morgan fingerprint density at radius 1 is 1.52 bits per heavy atom. The van der Waals surface area contributed by atoms with E-state index in [0.717, 1.165) is 4.88 Å². The molecule has 0 unspecified atom stereocenters. The maximum absolute atomic E-state index is 12.2. The van der Waals surface area contributed by atoms with Crippen LogP contribution in [0.25, 0.3) is 0 Å². The Morgan fingerprint density at radius 3 is 2.81 bits per heavy atom. The molecule has 0 aliphatic carbocycles. The van der Waals surface area contributed by atoms with E-state index in [2.05, 4.69) is 5.32 Å². The summed E-state index contributed by atoms with van der Waals surface area (Å²) in [5.74, 6) is -1.08. The molecule has 0 aromatic carbocycles. The molecule has 3 N–H and O–H groups in total. The van der Waals surface area contributed by atoms with Crippen molar-refractivity contribution in [3.05, 3.63) is 22.4 Å². The second kappa shape index (κ2) is 6.03. The van der Waals surface area contributed by atoms with Gasteiger partial charge in [0.2, 0.25) is 0 Å². The summed E-state index contributed by atoms with van der Waals surface area (Å²) >= 11 is 1.62. The molecule has 116 valence electrons. The molecule has 1 aliphatic rings. The van der Waals surface area contributed by atoms with Crippen LogP contribution in [0.4, 0.5) is 4.79 Å². The molecule has 1 saturated heterocycles. The lowest BCUT2D eigenvalue weighted by Crippen LogP contribution is -2.48. The number of amides is 2. The zero-order valence-corrected chi connectivity index (χ0v) is 12.9. The Kier molecular flexibility index (Phi) is 4.53. The smallest absolute Gasteiger partial charge is 0.326 e. The van der Waals surface area contributed by atoms with Crippen molar-refractivity contribution in [3.8, 4) is 0 Å². The van der Waals surface area contributed by atoms with Gasteiger partial charge in [0, 0.05) is 29.8 Å². The van der Waals surface area contributed by atoms with Gasteiger partial charge in [-0.3, -0.25) is 0 Å². The molecule has 1 aliphatic heterocycles. The first-order valence-corrected chi connectivity index (χ1v) is 7.68. The zero-order valence-electron chi connectivity index (χ0n) is 12.1. The van der Waals surface area contributed by atoms with Crippen LogP contribution in [0.3, 0.4) is 0 Å². The second-order valence-electron chi connectivity index (χ2n) is 5.92. The second-order valence-corrected chi connectivity index (χ2v) is 6.86. The van der Waals surface area contributed by atoms with Crippen LogP contribution in [0.2, 0.25) is 0 Å². The van der Waals surface area contributed by atoms with Gasteiger partial charge < -0.3 is 20.4 Å². The molecular formula is C14H20N2O4S. The minimum absolute atomic E-state index is 0.0578. The predicted octanol–water partition coefficient (Wildman–Crippen LogP) is 1.26. The number of carbonyl (C=O) groups excluding carboxylic acids is 1. The Morgan fingerprint density at radius 2 is 2.24 bits per heavy atom. The lowest BCUT2D eigenvalue weighted by Gasteiger charge is -2.27. The van der Waals surface area contributed by atoms with Gasteiger partial charge >= 0.3 is 12.0 Å². The predicted molar refractivity (Wildman–Crippen MR) is 79.5 cm³/mol. The van der Waals surface area contributed by atoms with Crippen LogP contribution in [0.5, 0.6) is 0 Å². The van der Waals surface area contributed by atoms with Crippen molar-refractivity contribution in [2.24, 2.45) is 0 Å². The number of β-amino-alcohol motifs (C(OH)–C–C–N with tert-alkyl or cyclic N) is 1. The topological polar surface area (TPSA) is 89.9 Å². The lowest BCUT2D eigenvalue weighted by molar-refractivity contribution is -0.141. The summed E-state index contributed by atoms with van der Waals surface area (Å²) < 4.78 is 0. The van der Waals surface area contributed by atoms with Gasteiger partial charge in [-0.05, 0) is 11.4 Å². The van der Waals surface area contributed by atoms with Crippen LogP contribution >= 0.6 is 11.3 Å². The number of carboxylic acids is 1. The Bertz CT molecular complexity index is 515. The number of likely N-dealkylation sites (tertiary alicyclic amines) is 1. The molecule has 21 heavy (non-hydrogen) atoms. The summed E-state index contributed by atoms with van der Waals surface area (Å²) in [5, 5.41) is 23.4. The van der Waals surface area contributed by atoms with E-state index in [4.69, 9.17) is 5.11 Å². The molecule has 0 spiro atoms. The molecule has 0 saturated carbocycles. The lowest BCUT2D eigenvalue weighted by atomic mass is 9.91. The summed E-state index contributed by atoms with van der Waals surface area (Å²) in [6, 6.07) is 2.57. The van der Waals surface area contributed by atoms with Gasteiger partial charge in [0.05, 0.1) is 6.10 Å². The number of thiophene rings is 1. The van der Waals surface area contributed by atoms with Crippen molar-refractivity contribution in [1.82, 2.24) is 10.2 Å². The zero-order chi connectivity index (χ0) is 15.6. The van der Waals surface area contributed by atoms with E-state index in [1.54, 1.807) is 11.3 Å². The molecule has 2 amide bonds.